The number of hydrogen-bond acceptors (Lipinski definition) is 5. The van der Waals surface area contributed by atoms with Gasteiger partial charge < -0.3 is 15.0 Å². The second-order valence-corrected chi connectivity index (χ2v) is 7.23. The molecule has 0 spiro atoms. The van der Waals surface area contributed by atoms with Crippen molar-refractivity contribution in [2.24, 2.45) is 0 Å². The van der Waals surface area contributed by atoms with E-state index in [4.69, 9.17) is 4.74 Å². The SMILES string of the molecule is CCCC(NC(=O)CN(C)C(=O)OC(C)(C)C)c1nnc2ccccn12. The van der Waals surface area contributed by atoms with Crippen molar-refractivity contribution in [2.45, 2.75) is 52.2 Å². The molecule has 142 valence electrons. The molecular weight excluding hydrogens is 334 g/mol. The number of nitrogens with zero attached hydrogens (tertiary/aromatic N) is 4. The van der Waals surface area contributed by atoms with Crippen molar-refractivity contribution in [2.75, 3.05) is 13.6 Å². The van der Waals surface area contributed by atoms with Crippen LogP contribution >= 0.6 is 0 Å². The molecule has 0 aromatic carbocycles. The van der Waals surface area contributed by atoms with Crippen molar-refractivity contribution in [1.29, 1.82) is 0 Å². The Labute approximate surface area is 153 Å². The third-order valence-electron chi connectivity index (χ3n) is 3.65. The molecule has 0 radical (unpaired) electrons. The zero-order valence-electron chi connectivity index (χ0n) is 16.0. The number of fused-ring (bicyclic) bond motifs is 1. The zero-order valence-corrected chi connectivity index (χ0v) is 16.0. The Morgan fingerprint density at radius 1 is 1.31 bits per heavy atom. The lowest BCUT2D eigenvalue weighted by Gasteiger charge is -2.25. The van der Waals surface area contributed by atoms with Gasteiger partial charge in [0.1, 0.15) is 12.1 Å². The Bertz CT molecular complexity index is 766. The molecule has 8 nitrogen and oxygen atoms in total. The Morgan fingerprint density at radius 3 is 2.69 bits per heavy atom. The summed E-state index contributed by atoms with van der Waals surface area (Å²) in [5, 5.41) is 11.3. The lowest BCUT2D eigenvalue weighted by atomic mass is 10.1. The highest BCUT2D eigenvalue weighted by Crippen LogP contribution is 2.18. The van der Waals surface area contributed by atoms with Gasteiger partial charge in [-0.2, -0.15) is 0 Å². The van der Waals surface area contributed by atoms with Crippen LogP contribution in [0.3, 0.4) is 0 Å². The van der Waals surface area contributed by atoms with E-state index in [1.165, 1.54) is 11.9 Å². The van der Waals surface area contributed by atoms with Crippen molar-refractivity contribution < 1.29 is 14.3 Å². The molecule has 2 aromatic rings. The maximum absolute atomic E-state index is 12.4. The molecule has 8 heteroatoms. The molecule has 26 heavy (non-hydrogen) atoms. The quantitative estimate of drug-likeness (QED) is 0.854. The van der Waals surface area contributed by atoms with Crippen LogP contribution in [0.15, 0.2) is 24.4 Å². The highest BCUT2D eigenvalue weighted by atomic mass is 16.6. The summed E-state index contributed by atoms with van der Waals surface area (Å²) in [7, 11) is 1.54. The summed E-state index contributed by atoms with van der Waals surface area (Å²) in [6.07, 6.45) is 2.92. The van der Waals surface area contributed by atoms with E-state index in [2.05, 4.69) is 15.5 Å². The van der Waals surface area contributed by atoms with E-state index in [0.29, 0.717) is 5.82 Å². The minimum atomic E-state index is -0.604. The molecule has 2 heterocycles. The second kappa shape index (κ2) is 8.16. The number of hydrogen-bond donors (Lipinski definition) is 1. The highest BCUT2D eigenvalue weighted by molar-refractivity contribution is 5.82. The van der Waals surface area contributed by atoms with Gasteiger partial charge in [-0.05, 0) is 39.3 Å². The number of ether oxygens (including phenoxy) is 1. The number of nitrogens with one attached hydrogen (secondary N) is 1. The minimum Gasteiger partial charge on any atom is -0.444 e. The third kappa shape index (κ3) is 5.18. The molecule has 1 unspecified atom stereocenters. The van der Waals surface area contributed by atoms with Crippen molar-refractivity contribution >= 4 is 17.6 Å². The van der Waals surface area contributed by atoms with Gasteiger partial charge in [0.15, 0.2) is 11.5 Å². The number of pyridine rings is 1. The average molecular weight is 361 g/mol. The minimum absolute atomic E-state index is 0.0914. The largest absolute Gasteiger partial charge is 0.444 e. The fourth-order valence-electron chi connectivity index (χ4n) is 2.51. The first-order valence-electron chi connectivity index (χ1n) is 8.74. The van der Waals surface area contributed by atoms with Gasteiger partial charge in [0.05, 0.1) is 6.04 Å². The topological polar surface area (TPSA) is 88.8 Å². The summed E-state index contributed by atoms with van der Waals surface area (Å²) >= 11 is 0. The molecule has 1 N–H and O–H groups in total. The molecule has 2 amide bonds. The highest BCUT2D eigenvalue weighted by Gasteiger charge is 2.24. The zero-order chi connectivity index (χ0) is 19.3. The van der Waals surface area contributed by atoms with Gasteiger partial charge in [0.25, 0.3) is 0 Å². The summed E-state index contributed by atoms with van der Waals surface area (Å²) in [6.45, 7) is 7.30. The van der Waals surface area contributed by atoms with Crippen molar-refractivity contribution in [1.82, 2.24) is 24.8 Å². The number of aromatic nitrogens is 3. The summed E-state index contributed by atoms with van der Waals surface area (Å²) < 4.78 is 7.12. The van der Waals surface area contributed by atoms with Crippen molar-refractivity contribution in [3.8, 4) is 0 Å². The lowest BCUT2D eigenvalue weighted by Crippen LogP contribution is -2.42. The van der Waals surface area contributed by atoms with Crippen LogP contribution in [0, 0.1) is 0 Å². The molecule has 0 aliphatic rings. The van der Waals surface area contributed by atoms with Crippen molar-refractivity contribution in [3.63, 3.8) is 0 Å². The summed E-state index contributed by atoms with van der Waals surface area (Å²) in [5.74, 6) is 0.403. The van der Waals surface area contributed by atoms with Crippen LogP contribution in [0.2, 0.25) is 0 Å². The third-order valence-corrected chi connectivity index (χ3v) is 3.65. The number of carbonyl (C=O) groups is 2. The first kappa shape index (κ1) is 19.7. The maximum atomic E-state index is 12.4. The van der Waals surface area contributed by atoms with E-state index < -0.39 is 11.7 Å². The molecule has 0 saturated carbocycles. The van der Waals surface area contributed by atoms with Crippen LogP contribution in [-0.2, 0) is 9.53 Å². The second-order valence-electron chi connectivity index (χ2n) is 7.23. The maximum Gasteiger partial charge on any atom is 0.410 e. The van der Waals surface area contributed by atoms with Crippen LogP contribution in [0.25, 0.3) is 5.65 Å². The molecule has 0 aliphatic carbocycles. The predicted octanol–water partition coefficient (Wildman–Crippen LogP) is 2.55. The molecule has 0 saturated heterocycles. The van der Waals surface area contributed by atoms with E-state index in [9.17, 15) is 9.59 Å². The molecule has 2 aromatic heterocycles. The van der Waals surface area contributed by atoms with Crippen LogP contribution in [0.5, 0.6) is 0 Å². The number of amides is 2. The van der Waals surface area contributed by atoms with Crippen LogP contribution in [0.1, 0.15) is 52.4 Å². The van der Waals surface area contributed by atoms with Gasteiger partial charge in [-0.15, -0.1) is 10.2 Å². The standard InChI is InChI=1S/C18H27N5O3/c1-6-9-13(16-21-20-14-10-7-8-11-23(14)16)19-15(24)12-22(5)17(25)26-18(2,3)4/h7-8,10-11,13H,6,9,12H2,1-5H3,(H,19,24). The Morgan fingerprint density at radius 2 is 2.04 bits per heavy atom. The van der Waals surface area contributed by atoms with Gasteiger partial charge in [0, 0.05) is 13.2 Å². The van der Waals surface area contributed by atoms with Gasteiger partial charge in [-0.3, -0.25) is 9.20 Å². The fraction of sp³-hybridized carbons (Fsp3) is 0.556. The molecule has 0 bridgehead atoms. The van der Waals surface area contributed by atoms with Gasteiger partial charge in [0.2, 0.25) is 5.91 Å². The van der Waals surface area contributed by atoms with E-state index in [1.807, 2.05) is 35.7 Å². The van der Waals surface area contributed by atoms with E-state index in [-0.39, 0.29) is 18.5 Å². The normalized spacial score (nSPS) is 12.7. The number of carbonyl (C=O) groups excluding carboxylic acids is 2. The van der Waals surface area contributed by atoms with Crippen molar-refractivity contribution in [3.05, 3.63) is 30.2 Å². The lowest BCUT2D eigenvalue weighted by molar-refractivity contribution is -0.122. The monoisotopic (exact) mass is 361 g/mol. The van der Waals surface area contributed by atoms with E-state index in [1.54, 1.807) is 20.8 Å². The Balaban J connectivity index is 2.05. The van der Waals surface area contributed by atoms with Gasteiger partial charge in [-0.1, -0.05) is 19.4 Å². The van der Waals surface area contributed by atoms with Gasteiger partial charge >= 0.3 is 6.09 Å². The number of likely N-dealkylation sites (N-methyl/N-ethyl adjacent to an activating group) is 1. The summed E-state index contributed by atoms with van der Waals surface area (Å²) in [6, 6.07) is 5.35. The Hall–Kier alpha value is -2.64. The first-order valence-corrected chi connectivity index (χ1v) is 8.74. The fourth-order valence-corrected chi connectivity index (χ4v) is 2.51. The molecule has 2 rings (SSSR count). The molecule has 1 atom stereocenters. The molecule has 0 fully saturated rings. The van der Waals surface area contributed by atoms with E-state index >= 15 is 0 Å². The summed E-state index contributed by atoms with van der Waals surface area (Å²) in [5.41, 5.74) is 0.122. The predicted molar refractivity (Wildman–Crippen MR) is 97.6 cm³/mol. The van der Waals surface area contributed by atoms with Crippen LogP contribution < -0.4 is 5.32 Å². The van der Waals surface area contributed by atoms with Crippen LogP contribution in [0.4, 0.5) is 4.79 Å². The average Bonchev–Trinajstić information content (AvgIpc) is 2.96. The smallest absolute Gasteiger partial charge is 0.410 e. The van der Waals surface area contributed by atoms with Gasteiger partial charge in [-0.25, -0.2) is 4.79 Å². The first-order chi connectivity index (χ1) is 12.2. The van der Waals surface area contributed by atoms with E-state index in [0.717, 1.165) is 18.5 Å². The molecule has 0 aliphatic heterocycles. The van der Waals surface area contributed by atoms with Crippen LogP contribution in [-0.4, -0.2) is 50.7 Å². The molecular formula is C18H27N5O3. The number of rotatable bonds is 6. The Kier molecular flexibility index (Phi) is 6.18. The summed E-state index contributed by atoms with van der Waals surface area (Å²) in [4.78, 5) is 25.7.